The number of benzene rings is 2. The van der Waals surface area contributed by atoms with Gasteiger partial charge in [-0.3, -0.25) is 0 Å². The van der Waals surface area contributed by atoms with Gasteiger partial charge >= 0.3 is 6.18 Å². The number of nitrogen functional groups attached to an aromatic ring is 1. The lowest BCUT2D eigenvalue weighted by atomic mass is 9.90. The number of nitrogens with two attached hydrogens (primary N) is 1. The average molecular weight is 289 g/mol. The Bertz CT molecular complexity index is 658. The molecule has 4 heteroatoms. The summed E-state index contributed by atoms with van der Waals surface area (Å²) in [5.41, 5.74) is 7.02. The summed E-state index contributed by atoms with van der Waals surface area (Å²) in [6.07, 6.45) is -4.37. The van der Waals surface area contributed by atoms with E-state index in [4.69, 9.17) is 5.73 Å². The standard InChI is InChI=1S/C17H14F3N/c1-2-3-12-4-6-13(7-5-12)16(17(18,19)20)14-8-10-15(21)11-9-14/h4-11,16H,21H2,1H3. The third-order valence-electron chi connectivity index (χ3n) is 3.11. The van der Waals surface area contributed by atoms with Gasteiger partial charge in [0.15, 0.2) is 0 Å². The Balaban J connectivity index is 2.45. The molecule has 0 aliphatic carbocycles. The van der Waals surface area contributed by atoms with Crippen LogP contribution in [0.2, 0.25) is 0 Å². The van der Waals surface area contributed by atoms with Gasteiger partial charge in [-0.05, 0) is 42.3 Å². The van der Waals surface area contributed by atoms with Crippen molar-refractivity contribution < 1.29 is 13.2 Å². The van der Waals surface area contributed by atoms with E-state index in [-0.39, 0.29) is 11.1 Å². The van der Waals surface area contributed by atoms with E-state index in [2.05, 4.69) is 11.8 Å². The van der Waals surface area contributed by atoms with Gasteiger partial charge in [-0.25, -0.2) is 0 Å². The van der Waals surface area contributed by atoms with Crippen molar-refractivity contribution in [1.29, 1.82) is 0 Å². The van der Waals surface area contributed by atoms with Crippen LogP contribution in [0.15, 0.2) is 48.5 Å². The zero-order valence-electron chi connectivity index (χ0n) is 11.4. The van der Waals surface area contributed by atoms with Gasteiger partial charge < -0.3 is 5.73 Å². The zero-order valence-corrected chi connectivity index (χ0v) is 11.4. The van der Waals surface area contributed by atoms with E-state index in [0.717, 1.165) is 0 Å². The first kappa shape index (κ1) is 15.0. The Labute approximate surface area is 121 Å². The van der Waals surface area contributed by atoms with Gasteiger partial charge in [0.25, 0.3) is 0 Å². The molecule has 0 radical (unpaired) electrons. The summed E-state index contributed by atoms with van der Waals surface area (Å²) in [6.45, 7) is 1.68. The highest BCUT2D eigenvalue weighted by atomic mass is 19.4. The van der Waals surface area contributed by atoms with E-state index in [9.17, 15) is 13.2 Å². The maximum Gasteiger partial charge on any atom is 0.399 e. The highest BCUT2D eigenvalue weighted by Crippen LogP contribution is 2.40. The second-order valence-electron chi connectivity index (χ2n) is 4.64. The van der Waals surface area contributed by atoms with E-state index in [0.29, 0.717) is 11.3 Å². The van der Waals surface area contributed by atoms with Crippen molar-refractivity contribution in [1.82, 2.24) is 0 Å². The first-order valence-electron chi connectivity index (χ1n) is 6.36. The molecule has 0 saturated heterocycles. The fourth-order valence-electron chi connectivity index (χ4n) is 2.16. The minimum atomic E-state index is -4.37. The first-order chi connectivity index (χ1) is 9.91. The lowest BCUT2D eigenvalue weighted by Crippen LogP contribution is -2.22. The third kappa shape index (κ3) is 3.57. The van der Waals surface area contributed by atoms with Crippen LogP contribution in [0.3, 0.4) is 0 Å². The number of hydrogen-bond donors (Lipinski definition) is 1. The molecule has 0 aliphatic rings. The first-order valence-corrected chi connectivity index (χ1v) is 6.36. The molecule has 0 fully saturated rings. The molecule has 1 atom stereocenters. The molecule has 1 unspecified atom stereocenters. The molecule has 2 aromatic carbocycles. The number of rotatable bonds is 2. The van der Waals surface area contributed by atoms with Crippen LogP contribution in [0.1, 0.15) is 29.5 Å². The van der Waals surface area contributed by atoms with Crippen molar-refractivity contribution in [2.45, 2.75) is 19.0 Å². The van der Waals surface area contributed by atoms with Crippen LogP contribution in [0.4, 0.5) is 18.9 Å². The second-order valence-corrected chi connectivity index (χ2v) is 4.64. The summed E-state index contributed by atoms with van der Waals surface area (Å²) in [7, 11) is 0. The van der Waals surface area contributed by atoms with E-state index in [1.807, 2.05) is 0 Å². The molecular formula is C17H14F3N. The Morgan fingerprint density at radius 3 is 1.81 bits per heavy atom. The minimum absolute atomic E-state index is 0.172. The van der Waals surface area contributed by atoms with Crippen LogP contribution in [-0.2, 0) is 0 Å². The van der Waals surface area contributed by atoms with Gasteiger partial charge in [0.2, 0.25) is 0 Å². The molecule has 21 heavy (non-hydrogen) atoms. The van der Waals surface area contributed by atoms with Gasteiger partial charge in [-0.15, -0.1) is 5.92 Å². The molecule has 1 nitrogen and oxygen atoms in total. The Kier molecular flexibility index (Phi) is 4.23. The molecule has 0 aliphatic heterocycles. The average Bonchev–Trinajstić information content (AvgIpc) is 2.42. The Hall–Kier alpha value is -2.41. The van der Waals surface area contributed by atoms with E-state index in [1.165, 1.54) is 36.4 Å². The van der Waals surface area contributed by atoms with Crippen LogP contribution < -0.4 is 5.73 Å². The fourth-order valence-corrected chi connectivity index (χ4v) is 2.16. The van der Waals surface area contributed by atoms with Crippen molar-refractivity contribution in [3.05, 3.63) is 65.2 Å². The summed E-state index contributed by atoms with van der Waals surface area (Å²) in [6, 6.07) is 11.9. The lowest BCUT2D eigenvalue weighted by molar-refractivity contribution is -0.141. The molecule has 0 aromatic heterocycles. The fraction of sp³-hybridized carbons (Fsp3) is 0.176. The lowest BCUT2D eigenvalue weighted by Gasteiger charge is -2.21. The van der Waals surface area contributed by atoms with Crippen molar-refractivity contribution >= 4 is 5.69 Å². The van der Waals surface area contributed by atoms with Gasteiger partial charge in [0.1, 0.15) is 5.92 Å². The summed E-state index contributed by atoms with van der Waals surface area (Å²) >= 11 is 0. The molecule has 0 heterocycles. The largest absolute Gasteiger partial charge is 0.399 e. The summed E-state index contributed by atoms with van der Waals surface area (Å²) in [4.78, 5) is 0. The molecular weight excluding hydrogens is 275 g/mol. The molecule has 2 aromatic rings. The van der Waals surface area contributed by atoms with Crippen LogP contribution >= 0.6 is 0 Å². The predicted molar refractivity (Wildman–Crippen MR) is 77.7 cm³/mol. The van der Waals surface area contributed by atoms with Gasteiger partial charge in [-0.1, -0.05) is 30.2 Å². The minimum Gasteiger partial charge on any atom is -0.399 e. The van der Waals surface area contributed by atoms with E-state index < -0.39 is 12.1 Å². The van der Waals surface area contributed by atoms with E-state index in [1.54, 1.807) is 19.1 Å². The smallest absolute Gasteiger partial charge is 0.399 e. The molecule has 108 valence electrons. The van der Waals surface area contributed by atoms with Crippen LogP contribution in [-0.4, -0.2) is 6.18 Å². The summed E-state index contributed by atoms with van der Waals surface area (Å²) in [5.74, 6) is 3.86. The molecule has 0 saturated carbocycles. The zero-order chi connectivity index (χ0) is 15.5. The maximum atomic E-state index is 13.4. The number of alkyl halides is 3. The monoisotopic (exact) mass is 289 g/mol. The SMILES string of the molecule is CC#Cc1ccc(C(c2ccc(N)cc2)C(F)(F)F)cc1. The van der Waals surface area contributed by atoms with Crippen LogP contribution in [0.5, 0.6) is 0 Å². The van der Waals surface area contributed by atoms with Crippen molar-refractivity contribution in [3.63, 3.8) is 0 Å². The molecule has 0 spiro atoms. The highest BCUT2D eigenvalue weighted by molar-refractivity contribution is 5.45. The predicted octanol–water partition coefficient (Wildman–Crippen LogP) is 4.33. The van der Waals surface area contributed by atoms with Gasteiger partial charge in [0.05, 0.1) is 0 Å². The van der Waals surface area contributed by atoms with Crippen molar-refractivity contribution in [2.24, 2.45) is 0 Å². The number of hydrogen-bond acceptors (Lipinski definition) is 1. The van der Waals surface area contributed by atoms with Gasteiger partial charge in [-0.2, -0.15) is 13.2 Å². The normalized spacial score (nSPS) is 12.4. The van der Waals surface area contributed by atoms with Crippen molar-refractivity contribution in [2.75, 3.05) is 5.73 Å². The van der Waals surface area contributed by atoms with Gasteiger partial charge in [0, 0.05) is 11.3 Å². The molecule has 2 N–H and O–H groups in total. The number of anilines is 1. The maximum absolute atomic E-state index is 13.4. The summed E-state index contributed by atoms with van der Waals surface area (Å²) < 4.78 is 40.1. The topological polar surface area (TPSA) is 26.0 Å². The Morgan fingerprint density at radius 1 is 0.905 bits per heavy atom. The molecule has 0 bridgehead atoms. The quantitative estimate of drug-likeness (QED) is 0.646. The second kappa shape index (κ2) is 5.92. The highest BCUT2D eigenvalue weighted by Gasteiger charge is 2.41. The van der Waals surface area contributed by atoms with Crippen LogP contribution in [0, 0.1) is 11.8 Å². The number of halogens is 3. The molecule has 0 amide bonds. The van der Waals surface area contributed by atoms with Crippen molar-refractivity contribution in [3.8, 4) is 11.8 Å². The summed E-state index contributed by atoms with van der Waals surface area (Å²) in [5, 5.41) is 0. The Morgan fingerprint density at radius 2 is 1.38 bits per heavy atom. The van der Waals surface area contributed by atoms with Crippen LogP contribution in [0.25, 0.3) is 0 Å². The van der Waals surface area contributed by atoms with E-state index >= 15 is 0 Å². The third-order valence-corrected chi connectivity index (χ3v) is 3.11. The molecule has 2 rings (SSSR count).